The van der Waals surface area contributed by atoms with Crippen molar-refractivity contribution >= 4 is 49.7 Å². The standard InChI is InChI=1S/C27H28BrN7O3/c28-25-21-15-30-23(31-26(21)35(32-25)20-5-6-22-18(14-20)2-1-7-29-22)13-17-3-4-19(12-17)27(38)34-10-8-33(9-11-34)24(37)16-36/h1-2,5-7,14-15,17,19,36H,3-4,8-13,16H2/t17-,19-/m1/s1. The van der Waals surface area contributed by atoms with E-state index in [4.69, 9.17) is 10.1 Å². The number of aromatic nitrogens is 5. The van der Waals surface area contributed by atoms with Crippen LogP contribution in [-0.4, -0.2) is 84.2 Å². The third-order valence-electron chi connectivity index (χ3n) is 7.70. The molecule has 1 saturated heterocycles. The molecule has 1 aromatic carbocycles. The Morgan fingerprint density at radius 2 is 1.87 bits per heavy atom. The molecule has 4 heterocycles. The van der Waals surface area contributed by atoms with Crippen LogP contribution in [0.25, 0.3) is 27.6 Å². The number of benzene rings is 1. The first-order chi connectivity index (χ1) is 18.5. The third-order valence-corrected chi connectivity index (χ3v) is 8.29. The van der Waals surface area contributed by atoms with E-state index >= 15 is 0 Å². The number of pyridine rings is 1. The molecule has 3 aromatic heterocycles. The quantitative estimate of drug-likeness (QED) is 0.387. The Morgan fingerprint density at radius 1 is 1.05 bits per heavy atom. The van der Waals surface area contributed by atoms with E-state index in [2.05, 4.69) is 37.1 Å². The number of aliphatic hydroxyl groups excluding tert-OH is 1. The maximum Gasteiger partial charge on any atom is 0.248 e. The van der Waals surface area contributed by atoms with E-state index in [1.807, 2.05) is 40.0 Å². The lowest BCUT2D eigenvalue weighted by Crippen LogP contribution is -2.52. The number of hydrogen-bond acceptors (Lipinski definition) is 7. The van der Waals surface area contributed by atoms with Crippen LogP contribution in [0.5, 0.6) is 0 Å². The molecule has 196 valence electrons. The van der Waals surface area contributed by atoms with Crippen molar-refractivity contribution in [2.45, 2.75) is 25.7 Å². The molecular formula is C27H28BrN7O3. The van der Waals surface area contributed by atoms with Gasteiger partial charge in [-0.05, 0) is 65.4 Å². The summed E-state index contributed by atoms with van der Waals surface area (Å²) in [6.07, 6.45) is 6.94. The Bertz CT molecular complexity index is 1520. The minimum atomic E-state index is -0.483. The van der Waals surface area contributed by atoms with Gasteiger partial charge in [0.2, 0.25) is 11.8 Å². The molecule has 0 unspecified atom stereocenters. The van der Waals surface area contributed by atoms with Gasteiger partial charge in [-0.25, -0.2) is 14.6 Å². The number of nitrogens with zero attached hydrogens (tertiary/aromatic N) is 7. The number of rotatable bonds is 5. The molecule has 1 aliphatic heterocycles. The van der Waals surface area contributed by atoms with E-state index in [-0.39, 0.29) is 17.7 Å². The van der Waals surface area contributed by atoms with Gasteiger partial charge in [-0.3, -0.25) is 14.6 Å². The van der Waals surface area contributed by atoms with Gasteiger partial charge in [-0.1, -0.05) is 6.07 Å². The summed E-state index contributed by atoms with van der Waals surface area (Å²) < 4.78 is 2.52. The zero-order chi connectivity index (χ0) is 26.2. The van der Waals surface area contributed by atoms with Gasteiger partial charge in [0.1, 0.15) is 17.0 Å². The van der Waals surface area contributed by atoms with Crippen LogP contribution in [0, 0.1) is 11.8 Å². The topological polar surface area (TPSA) is 117 Å². The van der Waals surface area contributed by atoms with Gasteiger partial charge in [0.25, 0.3) is 0 Å². The average Bonchev–Trinajstić information content (AvgIpc) is 3.56. The molecule has 1 aliphatic carbocycles. The van der Waals surface area contributed by atoms with E-state index in [9.17, 15) is 9.59 Å². The van der Waals surface area contributed by atoms with Crippen molar-refractivity contribution in [2.75, 3.05) is 32.8 Å². The molecule has 2 aliphatic rings. The summed E-state index contributed by atoms with van der Waals surface area (Å²) in [7, 11) is 0. The largest absolute Gasteiger partial charge is 0.387 e. The van der Waals surface area contributed by atoms with Crippen molar-refractivity contribution in [3.05, 3.63) is 53.2 Å². The molecule has 6 rings (SSSR count). The number of aliphatic hydroxyl groups is 1. The van der Waals surface area contributed by atoms with E-state index in [0.29, 0.717) is 43.1 Å². The van der Waals surface area contributed by atoms with Crippen LogP contribution in [0.1, 0.15) is 25.1 Å². The molecular weight excluding hydrogens is 550 g/mol. The van der Waals surface area contributed by atoms with Gasteiger partial charge in [0, 0.05) is 56.3 Å². The number of carbonyl (C=O) groups excluding carboxylic acids is 2. The predicted octanol–water partition coefficient (Wildman–Crippen LogP) is 2.75. The van der Waals surface area contributed by atoms with Crippen LogP contribution in [-0.2, 0) is 16.0 Å². The minimum absolute atomic E-state index is 0.00490. The number of hydrogen-bond donors (Lipinski definition) is 1. The summed E-state index contributed by atoms with van der Waals surface area (Å²) in [4.78, 5) is 42.2. The van der Waals surface area contributed by atoms with Gasteiger partial charge in [-0.2, -0.15) is 5.10 Å². The maximum atomic E-state index is 13.1. The smallest absolute Gasteiger partial charge is 0.248 e. The van der Waals surface area contributed by atoms with Crippen LogP contribution in [0.2, 0.25) is 0 Å². The molecule has 2 amide bonds. The van der Waals surface area contributed by atoms with Crippen molar-refractivity contribution in [1.29, 1.82) is 0 Å². The maximum absolute atomic E-state index is 13.1. The summed E-state index contributed by atoms with van der Waals surface area (Å²) in [5.41, 5.74) is 2.57. The second-order valence-electron chi connectivity index (χ2n) is 10.1. The first kappa shape index (κ1) is 24.9. The highest BCUT2D eigenvalue weighted by Gasteiger charge is 2.34. The fraction of sp³-hybridized carbons (Fsp3) is 0.407. The molecule has 4 aromatic rings. The Balaban J connectivity index is 1.15. The fourth-order valence-corrected chi connectivity index (χ4v) is 6.09. The van der Waals surface area contributed by atoms with Gasteiger partial charge in [0.15, 0.2) is 5.65 Å². The lowest BCUT2D eigenvalue weighted by molar-refractivity contribution is -0.143. The highest BCUT2D eigenvalue weighted by Crippen LogP contribution is 2.35. The second-order valence-corrected chi connectivity index (χ2v) is 10.8. The molecule has 11 heteroatoms. The minimum Gasteiger partial charge on any atom is -0.387 e. The predicted molar refractivity (Wildman–Crippen MR) is 144 cm³/mol. The van der Waals surface area contributed by atoms with E-state index in [0.717, 1.165) is 52.7 Å². The van der Waals surface area contributed by atoms with Crippen molar-refractivity contribution in [3.63, 3.8) is 0 Å². The lowest BCUT2D eigenvalue weighted by Gasteiger charge is -2.35. The molecule has 10 nitrogen and oxygen atoms in total. The summed E-state index contributed by atoms with van der Waals surface area (Å²) >= 11 is 3.55. The van der Waals surface area contributed by atoms with Crippen molar-refractivity contribution < 1.29 is 14.7 Å². The van der Waals surface area contributed by atoms with E-state index in [1.54, 1.807) is 11.1 Å². The van der Waals surface area contributed by atoms with Crippen LogP contribution in [0.3, 0.4) is 0 Å². The van der Waals surface area contributed by atoms with Gasteiger partial charge >= 0.3 is 0 Å². The summed E-state index contributed by atoms with van der Waals surface area (Å²) in [5, 5.41) is 15.6. The van der Waals surface area contributed by atoms with Crippen LogP contribution in [0.15, 0.2) is 47.3 Å². The number of carbonyl (C=O) groups is 2. The van der Waals surface area contributed by atoms with Crippen LogP contribution in [0.4, 0.5) is 0 Å². The van der Waals surface area contributed by atoms with E-state index < -0.39 is 6.61 Å². The Kier molecular flexibility index (Phi) is 6.79. The molecule has 1 N–H and O–H groups in total. The van der Waals surface area contributed by atoms with Crippen molar-refractivity contribution in [3.8, 4) is 5.69 Å². The average molecular weight is 578 g/mol. The molecule has 1 saturated carbocycles. The van der Waals surface area contributed by atoms with Gasteiger partial charge < -0.3 is 14.9 Å². The Morgan fingerprint density at radius 3 is 2.68 bits per heavy atom. The van der Waals surface area contributed by atoms with Crippen LogP contribution >= 0.6 is 15.9 Å². The SMILES string of the molecule is O=C(CO)N1CCN(C(=O)[C@@H]2CC[C@@H](Cc3ncc4c(Br)nn(-c5ccc6ncccc6c5)c4n3)C2)CC1. The first-order valence-electron chi connectivity index (χ1n) is 12.9. The molecule has 0 bridgehead atoms. The second kappa shape index (κ2) is 10.4. The zero-order valence-electron chi connectivity index (χ0n) is 20.8. The van der Waals surface area contributed by atoms with Gasteiger partial charge in [0.05, 0.1) is 16.6 Å². The van der Waals surface area contributed by atoms with E-state index in [1.165, 1.54) is 0 Å². The molecule has 0 spiro atoms. The van der Waals surface area contributed by atoms with Crippen LogP contribution < -0.4 is 0 Å². The molecule has 2 fully saturated rings. The highest BCUT2D eigenvalue weighted by molar-refractivity contribution is 9.10. The zero-order valence-corrected chi connectivity index (χ0v) is 22.4. The summed E-state index contributed by atoms with van der Waals surface area (Å²) in [6, 6.07) is 9.97. The summed E-state index contributed by atoms with van der Waals surface area (Å²) in [5.74, 6) is 0.983. The lowest BCUT2D eigenvalue weighted by atomic mass is 10.00. The van der Waals surface area contributed by atoms with Gasteiger partial charge in [-0.15, -0.1) is 0 Å². The third kappa shape index (κ3) is 4.76. The van der Waals surface area contributed by atoms with Crippen molar-refractivity contribution in [2.24, 2.45) is 11.8 Å². The monoisotopic (exact) mass is 577 g/mol. The molecule has 38 heavy (non-hydrogen) atoms. The highest BCUT2D eigenvalue weighted by atomic mass is 79.9. The number of halogens is 1. The normalized spacial score (nSPS) is 19.9. The molecule has 2 atom stereocenters. The Labute approximate surface area is 227 Å². The fourth-order valence-electron chi connectivity index (χ4n) is 5.65. The Hall–Kier alpha value is -3.44. The molecule has 0 radical (unpaired) electrons. The number of amides is 2. The number of piperazine rings is 1. The van der Waals surface area contributed by atoms with Crippen molar-refractivity contribution in [1.82, 2.24) is 34.5 Å². The first-order valence-corrected chi connectivity index (χ1v) is 13.7. The summed E-state index contributed by atoms with van der Waals surface area (Å²) in [6.45, 7) is 1.52. The number of fused-ring (bicyclic) bond motifs is 2.